The van der Waals surface area contributed by atoms with Crippen LogP contribution in [0.15, 0.2) is 10.7 Å². The molecule has 0 bridgehead atoms. The molecular weight excluding hydrogens is 232 g/mol. The first-order valence-electron chi connectivity index (χ1n) is 6.40. The number of nitrogens with zero attached hydrogens (tertiary/aromatic N) is 1. The van der Waals surface area contributed by atoms with Gasteiger partial charge < -0.3 is 19.7 Å². The first-order valence-corrected chi connectivity index (χ1v) is 6.40. The maximum atomic E-state index is 11.1. The Morgan fingerprint density at radius 2 is 2.28 bits per heavy atom. The minimum absolute atomic E-state index is 0.00695. The van der Waals surface area contributed by atoms with E-state index in [1.165, 1.54) is 6.26 Å². The third kappa shape index (κ3) is 2.05. The fraction of sp³-hybridized carbons (Fsp3) is 0.615. The van der Waals surface area contributed by atoms with Crippen molar-refractivity contribution >= 4 is 17.3 Å². The largest absolute Gasteiger partial charge is 0.475 e. The molecular formula is C13H20N2O3. The van der Waals surface area contributed by atoms with E-state index >= 15 is 0 Å². The summed E-state index contributed by atoms with van der Waals surface area (Å²) in [5, 5.41) is 12.4. The van der Waals surface area contributed by atoms with E-state index in [2.05, 4.69) is 24.1 Å². The van der Waals surface area contributed by atoms with Crippen molar-refractivity contribution in [3.63, 3.8) is 0 Å². The number of fused-ring (bicyclic) bond motifs is 1. The van der Waals surface area contributed by atoms with Gasteiger partial charge in [0.05, 0.1) is 5.69 Å². The minimum Gasteiger partial charge on any atom is -0.475 e. The van der Waals surface area contributed by atoms with E-state index in [9.17, 15) is 4.79 Å². The van der Waals surface area contributed by atoms with Crippen LogP contribution >= 0.6 is 0 Å². The van der Waals surface area contributed by atoms with Crippen LogP contribution in [0.5, 0.6) is 0 Å². The normalized spacial score (nSPS) is 18.7. The number of carbonyl (C=O) groups is 1. The number of aromatic carboxylic acids is 1. The Bertz CT molecular complexity index is 437. The quantitative estimate of drug-likeness (QED) is 0.862. The van der Waals surface area contributed by atoms with Crippen molar-refractivity contribution in [2.45, 2.75) is 32.7 Å². The van der Waals surface area contributed by atoms with Crippen molar-refractivity contribution in [2.24, 2.45) is 5.92 Å². The predicted molar refractivity (Wildman–Crippen MR) is 70.4 cm³/mol. The van der Waals surface area contributed by atoms with Crippen LogP contribution in [-0.2, 0) is 0 Å². The second-order valence-corrected chi connectivity index (χ2v) is 4.84. The van der Waals surface area contributed by atoms with Gasteiger partial charge in [0, 0.05) is 19.6 Å². The molecule has 2 N–H and O–H groups in total. The van der Waals surface area contributed by atoms with Crippen LogP contribution in [0.25, 0.3) is 0 Å². The molecule has 0 radical (unpaired) electrons. The molecule has 2 heterocycles. The SMILES string of the molecule is CCC(CC)C1CN(C)c2coc(C(=O)O)c2N1. The molecule has 0 saturated heterocycles. The molecule has 5 nitrogen and oxygen atoms in total. The van der Waals surface area contributed by atoms with Crippen LogP contribution in [0.3, 0.4) is 0 Å². The lowest BCUT2D eigenvalue weighted by Crippen LogP contribution is -2.43. The number of furan rings is 1. The van der Waals surface area contributed by atoms with Crippen LogP contribution in [0.2, 0.25) is 0 Å². The molecule has 1 atom stereocenters. The highest BCUT2D eigenvalue weighted by Crippen LogP contribution is 2.37. The Balaban J connectivity index is 2.31. The molecule has 0 spiro atoms. The van der Waals surface area contributed by atoms with Crippen molar-refractivity contribution in [2.75, 3.05) is 23.8 Å². The number of rotatable bonds is 4. The Morgan fingerprint density at radius 1 is 1.61 bits per heavy atom. The molecule has 1 aliphatic heterocycles. The molecule has 1 aromatic heterocycles. The zero-order valence-corrected chi connectivity index (χ0v) is 11.1. The smallest absolute Gasteiger partial charge is 0.374 e. The van der Waals surface area contributed by atoms with Gasteiger partial charge in [-0.2, -0.15) is 0 Å². The fourth-order valence-electron chi connectivity index (χ4n) is 2.68. The van der Waals surface area contributed by atoms with Gasteiger partial charge in [-0.1, -0.05) is 26.7 Å². The molecule has 5 heteroatoms. The van der Waals surface area contributed by atoms with E-state index < -0.39 is 5.97 Å². The van der Waals surface area contributed by atoms with Gasteiger partial charge in [-0.25, -0.2) is 4.79 Å². The van der Waals surface area contributed by atoms with Crippen LogP contribution in [0.4, 0.5) is 11.4 Å². The second-order valence-electron chi connectivity index (χ2n) is 4.84. The van der Waals surface area contributed by atoms with Crippen molar-refractivity contribution in [1.29, 1.82) is 0 Å². The third-order valence-electron chi connectivity index (χ3n) is 3.80. The maximum Gasteiger partial charge on any atom is 0.374 e. The number of hydrogen-bond donors (Lipinski definition) is 2. The second kappa shape index (κ2) is 4.92. The number of carboxylic acids is 1. The predicted octanol–water partition coefficient (Wildman–Crippen LogP) is 2.64. The van der Waals surface area contributed by atoms with E-state index in [4.69, 9.17) is 9.52 Å². The molecule has 18 heavy (non-hydrogen) atoms. The molecule has 1 aliphatic rings. The molecule has 1 aromatic rings. The summed E-state index contributed by atoms with van der Waals surface area (Å²) in [5.74, 6) is -0.480. The molecule has 1 unspecified atom stereocenters. The Hall–Kier alpha value is -1.65. The van der Waals surface area contributed by atoms with Crippen molar-refractivity contribution in [1.82, 2.24) is 0 Å². The monoisotopic (exact) mass is 252 g/mol. The van der Waals surface area contributed by atoms with Crippen molar-refractivity contribution < 1.29 is 14.3 Å². The Labute approximate surface area is 107 Å². The standard InChI is InChI=1S/C13H20N2O3/c1-4-8(5-2)9-6-15(3)10-7-18-12(13(16)17)11(10)14-9/h7-9,14H,4-6H2,1-3H3,(H,16,17). The zero-order chi connectivity index (χ0) is 13.3. The van der Waals surface area contributed by atoms with E-state index in [1.807, 2.05) is 7.05 Å². The number of nitrogens with one attached hydrogen (secondary N) is 1. The molecule has 0 saturated carbocycles. The summed E-state index contributed by atoms with van der Waals surface area (Å²) in [6.45, 7) is 5.20. The topological polar surface area (TPSA) is 65.7 Å². The third-order valence-corrected chi connectivity index (χ3v) is 3.80. The van der Waals surface area contributed by atoms with Crippen molar-refractivity contribution in [3.8, 4) is 0 Å². The lowest BCUT2D eigenvalue weighted by Gasteiger charge is -2.36. The van der Waals surface area contributed by atoms with Gasteiger partial charge in [0.1, 0.15) is 12.0 Å². The lowest BCUT2D eigenvalue weighted by molar-refractivity contribution is 0.0663. The van der Waals surface area contributed by atoms with Gasteiger partial charge in [-0.05, 0) is 5.92 Å². The Kier molecular flexibility index (Phi) is 3.50. The summed E-state index contributed by atoms with van der Waals surface area (Å²) in [4.78, 5) is 13.2. The summed E-state index contributed by atoms with van der Waals surface area (Å²) in [7, 11) is 1.97. The fourth-order valence-corrected chi connectivity index (χ4v) is 2.68. The summed E-state index contributed by atoms with van der Waals surface area (Å²) < 4.78 is 5.14. The van der Waals surface area contributed by atoms with Gasteiger partial charge in [0.15, 0.2) is 0 Å². The maximum absolute atomic E-state index is 11.1. The molecule has 0 amide bonds. The van der Waals surface area contributed by atoms with Crippen molar-refractivity contribution in [3.05, 3.63) is 12.0 Å². The van der Waals surface area contributed by atoms with Crippen LogP contribution in [-0.4, -0.2) is 30.7 Å². The summed E-state index contributed by atoms with van der Waals surface area (Å²) in [5.41, 5.74) is 1.45. The molecule has 0 fully saturated rings. The van der Waals surface area contributed by atoms with Crippen LogP contribution in [0, 0.1) is 5.92 Å². The summed E-state index contributed by atoms with van der Waals surface area (Å²) >= 11 is 0. The van der Waals surface area contributed by atoms with Gasteiger partial charge in [0.25, 0.3) is 0 Å². The van der Waals surface area contributed by atoms with Gasteiger partial charge >= 0.3 is 5.97 Å². The first-order chi connectivity index (χ1) is 8.58. The highest BCUT2D eigenvalue weighted by Gasteiger charge is 2.31. The molecule has 2 rings (SSSR count). The van der Waals surface area contributed by atoms with Gasteiger partial charge in [0.2, 0.25) is 5.76 Å². The molecule has 100 valence electrons. The summed E-state index contributed by atoms with van der Waals surface area (Å²) in [6.07, 6.45) is 3.67. The average Bonchev–Trinajstić information content (AvgIpc) is 2.75. The number of hydrogen-bond acceptors (Lipinski definition) is 4. The van der Waals surface area contributed by atoms with Crippen LogP contribution < -0.4 is 10.2 Å². The van der Waals surface area contributed by atoms with Gasteiger partial charge in [-0.3, -0.25) is 0 Å². The highest BCUT2D eigenvalue weighted by molar-refractivity contribution is 5.96. The average molecular weight is 252 g/mol. The van der Waals surface area contributed by atoms with E-state index in [-0.39, 0.29) is 11.8 Å². The van der Waals surface area contributed by atoms with E-state index in [1.54, 1.807) is 0 Å². The molecule has 0 aliphatic carbocycles. The first kappa shape index (κ1) is 12.8. The summed E-state index contributed by atoms with van der Waals surface area (Å²) in [6, 6.07) is 0.271. The minimum atomic E-state index is -1.03. The van der Waals surface area contributed by atoms with Crippen LogP contribution in [0.1, 0.15) is 37.2 Å². The van der Waals surface area contributed by atoms with E-state index in [0.717, 1.165) is 25.1 Å². The number of carboxylic acid groups (broad SMARTS) is 1. The highest BCUT2D eigenvalue weighted by atomic mass is 16.4. The Morgan fingerprint density at radius 3 is 2.83 bits per heavy atom. The lowest BCUT2D eigenvalue weighted by atomic mass is 9.92. The van der Waals surface area contributed by atoms with Gasteiger partial charge in [-0.15, -0.1) is 0 Å². The zero-order valence-electron chi connectivity index (χ0n) is 11.1. The molecule has 0 aromatic carbocycles. The number of likely N-dealkylation sites (N-methyl/N-ethyl adjacent to an activating group) is 1. The number of anilines is 2. The van der Waals surface area contributed by atoms with E-state index in [0.29, 0.717) is 11.6 Å².